The highest BCUT2D eigenvalue weighted by Crippen LogP contribution is 2.35. The van der Waals surface area contributed by atoms with Crippen molar-refractivity contribution in [1.82, 2.24) is 5.32 Å². The van der Waals surface area contributed by atoms with Crippen LogP contribution in [-0.4, -0.2) is 25.0 Å². The third-order valence-electron chi connectivity index (χ3n) is 6.35. The molecule has 1 amide bonds. The number of aryl methyl sites for hydroxylation is 2. The van der Waals surface area contributed by atoms with Crippen LogP contribution in [0.15, 0.2) is 54.6 Å². The van der Waals surface area contributed by atoms with Gasteiger partial charge in [-0.2, -0.15) is 0 Å². The Bertz CT molecular complexity index is 1110. The SMILES string of the molecule is COC(=O)C1CCC(NC(=O)c2c(C)sc(C)c2Nc2ccc(-c3ccccc3)cc2)CC1. The number of esters is 1. The van der Waals surface area contributed by atoms with Gasteiger partial charge in [0, 0.05) is 21.5 Å². The van der Waals surface area contributed by atoms with Crippen LogP contribution in [0.5, 0.6) is 0 Å². The van der Waals surface area contributed by atoms with Gasteiger partial charge in [0.1, 0.15) is 0 Å². The summed E-state index contributed by atoms with van der Waals surface area (Å²) in [5.74, 6) is -0.250. The number of hydrogen-bond acceptors (Lipinski definition) is 5. The van der Waals surface area contributed by atoms with E-state index in [2.05, 4.69) is 34.9 Å². The maximum atomic E-state index is 13.2. The summed E-state index contributed by atoms with van der Waals surface area (Å²) >= 11 is 1.63. The van der Waals surface area contributed by atoms with Gasteiger partial charge in [-0.05, 0) is 62.8 Å². The molecule has 5 nitrogen and oxygen atoms in total. The molecule has 3 aromatic rings. The molecule has 0 bridgehead atoms. The normalized spacial score (nSPS) is 17.9. The average molecular weight is 463 g/mol. The van der Waals surface area contributed by atoms with Crippen LogP contribution in [0.3, 0.4) is 0 Å². The topological polar surface area (TPSA) is 67.4 Å². The summed E-state index contributed by atoms with van der Waals surface area (Å²) in [5.41, 5.74) is 4.85. The maximum Gasteiger partial charge on any atom is 0.308 e. The first-order chi connectivity index (χ1) is 16.0. The first kappa shape index (κ1) is 23.1. The lowest BCUT2D eigenvalue weighted by molar-refractivity contribution is -0.146. The molecule has 0 atom stereocenters. The van der Waals surface area contributed by atoms with E-state index in [1.165, 1.54) is 12.7 Å². The van der Waals surface area contributed by atoms with Gasteiger partial charge in [-0.3, -0.25) is 9.59 Å². The predicted molar refractivity (Wildman–Crippen MR) is 134 cm³/mol. The number of methoxy groups -OCH3 is 1. The van der Waals surface area contributed by atoms with Crippen molar-refractivity contribution in [2.45, 2.75) is 45.6 Å². The molecule has 1 saturated carbocycles. The monoisotopic (exact) mass is 462 g/mol. The Hall–Kier alpha value is -3.12. The van der Waals surface area contributed by atoms with Crippen LogP contribution in [0.2, 0.25) is 0 Å². The van der Waals surface area contributed by atoms with E-state index in [0.717, 1.165) is 52.4 Å². The van der Waals surface area contributed by atoms with Crippen LogP contribution in [0.25, 0.3) is 11.1 Å². The fourth-order valence-corrected chi connectivity index (χ4v) is 5.54. The molecule has 0 saturated heterocycles. The zero-order valence-corrected chi connectivity index (χ0v) is 20.1. The van der Waals surface area contributed by atoms with Gasteiger partial charge in [0.2, 0.25) is 0 Å². The van der Waals surface area contributed by atoms with E-state index in [-0.39, 0.29) is 23.8 Å². The number of carbonyl (C=O) groups excluding carboxylic acids is 2. The van der Waals surface area contributed by atoms with Crippen molar-refractivity contribution >= 4 is 34.6 Å². The van der Waals surface area contributed by atoms with Gasteiger partial charge in [-0.1, -0.05) is 42.5 Å². The Morgan fingerprint density at radius 2 is 1.52 bits per heavy atom. The summed E-state index contributed by atoms with van der Waals surface area (Å²) in [6.45, 7) is 4.03. The lowest BCUT2D eigenvalue weighted by atomic mass is 9.86. The van der Waals surface area contributed by atoms with Crippen molar-refractivity contribution in [1.29, 1.82) is 0 Å². The van der Waals surface area contributed by atoms with Crippen molar-refractivity contribution in [2.75, 3.05) is 12.4 Å². The quantitative estimate of drug-likeness (QED) is 0.426. The third-order valence-corrected chi connectivity index (χ3v) is 7.37. The van der Waals surface area contributed by atoms with Crippen LogP contribution in [-0.2, 0) is 9.53 Å². The van der Waals surface area contributed by atoms with Crippen molar-refractivity contribution in [3.63, 3.8) is 0 Å². The first-order valence-electron chi connectivity index (χ1n) is 11.4. The lowest BCUT2D eigenvalue weighted by Gasteiger charge is -2.27. The Labute approximate surface area is 199 Å². The molecule has 0 radical (unpaired) electrons. The first-order valence-corrected chi connectivity index (χ1v) is 12.2. The molecular formula is C27H30N2O3S. The fourth-order valence-electron chi connectivity index (χ4n) is 4.53. The van der Waals surface area contributed by atoms with Crippen LogP contribution in [0.4, 0.5) is 11.4 Å². The second-order valence-corrected chi connectivity index (χ2v) is 10.0. The van der Waals surface area contributed by atoms with Crippen molar-refractivity contribution in [2.24, 2.45) is 5.92 Å². The minimum absolute atomic E-state index is 0.0515. The van der Waals surface area contributed by atoms with E-state index in [9.17, 15) is 9.59 Å². The summed E-state index contributed by atoms with van der Waals surface area (Å²) in [7, 11) is 1.43. The number of thiophene rings is 1. The van der Waals surface area contributed by atoms with Gasteiger partial charge < -0.3 is 15.4 Å². The lowest BCUT2D eigenvalue weighted by Crippen LogP contribution is -2.39. The van der Waals surface area contributed by atoms with Gasteiger partial charge in [0.25, 0.3) is 5.91 Å². The second-order valence-electron chi connectivity index (χ2n) is 8.58. The van der Waals surface area contributed by atoms with Crippen LogP contribution >= 0.6 is 11.3 Å². The third kappa shape index (κ3) is 5.28. The van der Waals surface area contributed by atoms with Gasteiger partial charge in [0.15, 0.2) is 0 Å². The Morgan fingerprint density at radius 1 is 0.879 bits per heavy atom. The summed E-state index contributed by atoms with van der Waals surface area (Å²) < 4.78 is 4.87. The van der Waals surface area contributed by atoms with E-state index in [0.29, 0.717) is 5.56 Å². The molecule has 2 N–H and O–H groups in total. The van der Waals surface area contributed by atoms with Gasteiger partial charge in [-0.15, -0.1) is 11.3 Å². The highest BCUT2D eigenvalue weighted by molar-refractivity contribution is 7.12. The molecule has 0 unspecified atom stereocenters. The average Bonchev–Trinajstić information content (AvgIpc) is 3.12. The minimum atomic E-state index is -0.145. The van der Waals surface area contributed by atoms with E-state index in [1.54, 1.807) is 11.3 Å². The predicted octanol–water partition coefficient (Wildman–Crippen LogP) is 6.24. The second kappa shape index (κ2) is 10.2. The number of rotatable bonds is 6. The number of carbonyl (C=O) groups is 2. The molecule has 6 heteroatoms. The van der Waals surface area contributed by atoms with Crippen molar-refractivity contribution < 1.29 is 14.3 Å². The highest BCUT2D eigenvalue weighted by Gasteiger charge is 2.29. The van der Waals surface area contributed by atoms with Crippen molar-refractivity contribution in [3.8, 4) is 11.1 Å². The van der Waals surface area contributed by atoms with Crippen LogP contribution < -0.4 is 10.6 Å². The van der Waals surface area contributed by atoms with Gasteiger partial charge in [-0.25, -0.2) is 0 Å². The van der Waals surface area contributed by atoms with Gasteiger partial charge in [0.05, 0.1) is 24.3 Å². The van der Waals surface area contributed by atoms with Crippen LogP contribution in [0.1, 0.15) is 45.8 Å². The standard InChI is InChI=1S/C27H30N2O3S/c1-17-24(26(30)29-23-15-11-21(12-16-23)27(31)32-3)25(18(2)33-17)28-22-13-9-20(10-14-22)19-7-5-4-6-8-19/h4-10,13-14,21,23,28H,11-12,15-16H2,1-3H3,(H,29,30). The van der Waals surface area contributed by atoms with E-state index in [4.69, 9.17) is 4.74 Å². The Morgan fingerprint density at radius 3 is 2.15 bits per heavy atom. The largest absolute Gasteiger partial charge is 0.469 e. The van der Waals surface area contributed by atoms with E-state index in [1.807, 2.05) is 44.2 Å². The summed E-state index contributed by atoms with van der Waals surface area (Å²) in [6, 6.07) is 18.6. The highest BCUT2D eigenvalue weighted by atomic mass is 32.1. The molecule has 1 aromatic heterocycles. The minimum Gasteiger partial charge on any atom is -0.469 e. The summed E-state index contributed by atoms with van der Waals surface area (Å²) in [6.07, 6.45) is 3.07. The van der Waals surface area contributed by atoms with Gasteiger partial charge >= 0.3 is 5.97 Å². The number of hydrogen-bond donors (Lipinski definition) is 2. The number of anilines is 2. The maximum absolute atomic E-state index is 13.2. The zero-order chi connectivity index (χ0) is 23.4. The summed E-state index contributed by atoms with van der Waals surface area (Å²) in [4.78, 5) is 27.1. The molecule has 0 aliphatic heterocycles. The molecular weight excluding hydrogens is 432 g/mol. The van der Waals surface area contributed by atoms with Crippen molar-refractivity contribution in [3.05, 3.63) is 69.9 Å². The number of ether oxygens (including phenoxy) is 1. The van der Waals surface area contributed by atoms with Crippen LogP contribution in [0, 0.1) is 19.8 Å². The van der Waals surface area contributed by atoms with E-state index >= 15 is 0 Å². The number of nitrogens with one attached hydrogen (secondary N) is 2. The zero-order valence-electron chi connectivity index (χ0n) is 19.3. The smallest absolute Gasteiger partial charge is 0.308 e. The van der Waals surface area contributed by atoms with E-state index < -0.39 is 0 Å². The molecule has 1 heterocycles. The molecule has 1 fully saturated rings. The number of amides is 1. The molecule has 33 heavy (non-hydrogen) atoms. The molecule has 1 aliphatic rings. The molecule has 0 spiro atoms. The molecule has 2 aromatic carbocycles. The molecule has 172 valence electrons. The summed E-state index contributed by atoms with van der Waals surface area (Å²) in [5, 5.41) is 6.68. The number of benzene rings is 2. The fraction of sp³-hybridized carbons (Fsp3) is 0.333. The Kier molecular flexibility index (Phi) is 7.14. The molecule has 4 rings (SSSR count). The molecule has 1 aliphatic carbocycles. The Balaban J connectivity index is 1.45.